The molecule has 1 amide bonds. The third-order valence-corrected chi connectivity index (χ3v) is 3.71. The Morgan fingerprint density at radius 2 is 2.35 bits per heavy atom. The summed E-state index contributed by atoms with van der Waals surface area (Å²) in [5, 5.41) is 6.55. The molecule has 2 N–H and O–H groups in total. The number of amides is 1. The second kappa shape index (κ2) is 7.67. The molecule has 0 spiro atoms. The van der Waals surface area contributed by atoms with Crippen molar-refractivity contribution in [2.24, 2.45) is 0 Å². The molecule has 0 aromatic heterocycles. The summed E-state index contributed by atoms with van der Waals surface area (Å²) < 4.78 is 6.27. The lowest BCUT2D eigenvalue weighted by molar-refractivity contribution is -0.122. The van der Waals surface area contributed by atoms with E-state index in [9.17, 15) is 4.79 Å². The normalized spacial score (nSPS) is 14.6. The van der Waals surface area contributed by atoms with Crippen molar-refractivity contribution in [2.45, 2.75) is 6.42 Å². The van der Waals surface area contributed by atoms with Crippen LogP contribution in [0.15, 0.2) is 34.3 Å². The summed E-state index contributed by atoms with van der Waals surface area (Å²) in [6, 6.07) is 5.28. The molecule has 20 heavy (non-hydrogen) atoms. The highest BCUT2D eigenvalue weighted by molar-refractivity contribution is 9.10. The van der Waals surface area contributed by atoms with Gasteiger partial charge in [-0.2, -0.15) is 0 Å². The summed E-state index contributed by atoms with van der Waals surface area (Å²) in [4.78, 5) is 11.7. The molecule has 1 aromatic carbocycles. The second-order valence-electron chi connectivity index (χ2n) is 4.46. The average molecular weight is 360 g/mol. The van der Waals surface area contributed by atoms with Crippen LogP contribution in [0.2, 0.25) is 5.02 Å². The smallest absolute Gasteiger partial charge is 0.258 e. The van der Waals surface area contributed by atoms with Crippen molar-refractivity contribution >= 4 is 33.4 Å². The molecule has 0 fully saturated rings. The Morgan fingerprint density at radius 3 is 3.05 bits per heavy atom. The van der Waals surface area contributed by atoms with Crippen molar-refractivity contribution in [1.29, 1.82) is 0 Å². The molecule has 108 valence electrons. The number of halogens is 2. The van der Waals surface area contributed by atoms with Gasteiger partial charge >= 0.3 is 0 Å². The monoisotopic (exact) mass is 358 g/mol. The molecule has 1 aliphatic heterocycles. The fourth-order valence-corrected chi connectivity index (χ4v) is 2.56. The first-order chi connectivity index (χ1) is 9.65. The topological polar surface area (TPSA) is 50.4 Å². The Balaban J connectivity index is 1.75. The van der Waals surface area contributed by atoms with Gasteiger partial charge in [0.15, 0.2) is 6.61 Å². The largest absolute Gasteiger partial charge is 0.482 e. The quantitative estimate of drug-likeness (QED) is 0.794. The van der Waals surface area contributed by atoms with Crippen LogP contribution in [0.1, 0.15) is 6.42 Å². The molecule has 0 radical (unpaired) electrons. The first-order valence-electron chi connectivity index (χ1n) is 6.38. The molecule has 6 heteroatoms. The van der Waals surface area contributed by atoms with Gasteiger partial charge in [-0.3, -0.25) is 4.79 Å². The van der Waals surface area contributed by atoms with Crippen LogP contribution < -0.4 is 15.4 Å². The molecule has 0 saturated carbocycles. The molecular formula is C14H16BrClN2O2. The van der Waals surface area contributed by atoms with Gasteiger partial charge in [0.05, 0.1) is 5.02 Å². The number of hydrogen-bond donors (Lipinski definition) is 2. The lowest BCUT2D eigenvalue weighted by Gasteiger charge is -2.15. The van der Waals surface area contributed by atoms with Gasteiger partial charge in [-0.25, -0.2) is 0 Å². The Hall–Kier alpha value is -1.04. The van der Waals surface area contributed by atoms with Crippen LogP contribution in [0.4, 0.5) is 0 Å². The van der Waals surface area contributed by atoms with E-state index in [1.807, 2.05) is 6.07 Å². The van der Waals surface area contributed by atoms with Gasteiger partial charge in [-0.1, -0.05) is 39.2 Å². The zero-order valence-electron chi connectivity index (χ0n) is 10.9. The summed E-state index contributed by atoms with van der Waals surface area (Å²) in [5.41, 5.74) is 1.25. The van der Waals surface area contributed by atoms with E-state index >= 15 is 0 Å². The zero-order chi connectivity index (χ0) is 14.4. The summed E-state index contributed by atoms with van der Waals surface area (Å²) in [6.45, 7) is 2.38. The molecule has 0 unspecified atom stereocenters. The molecule has 0 aliphatic carbocycles. The summed E-state index contributed by atoms with van der Waals surface area (Å²) in [7, 11) is 0. The zero-order valence-corrected chi connectivity index (χ0v) is 13.3. The molecule has 0 saturated heterocycles. The Labute approximate surface area is 131 Å². The average Bonchev–Trinajstić information content (AvgIpc) is 2.45. The van der Waals surface area contributed by atoms with Gasteiger partial charge in [0.2, 0.25) is 0 Å². The van der Waals surface area contributed by atoms with Gasteiger partial charge in [-0.15, -0.1) is 0 Å². The Kier molecular flexibility index (Phi) is 5.88. The van der Waals surface area contributed by atoms with E-state index in [0.717, 1.165) is 24.0 Å². The highest BCUT2D eigenvalue weighted by Gasteiger charge is 2.08. The predicted molar refractivity (Wildman–Crippen MR) is 83.2 cm³/mol. The van der Waals surface area contributed by atoms with E-state index in [0.29, 0.717) is 17.3 Å². The predicted octanol–water partition coefficient (Wildman–Crippen LogP) is 2.52. The lowest BCUT2D eigenvalue weighted by Crippen LogP contribution is -2.32. The third-order valence-electron chi connectivity index (χ3n) is 2.92. The lowest BCUT2D eigenvalue weighted by atomic mass is 10.1. The molecule has 0 atom stereocenters. The fourth-order valence-electron chi connectivity index (χ4n) is 1.83. The highest BCUT2D eigenvalue weighted by Crippen LogP contribution is 2.27. The molecule has 2 rings (SSSR count). The standard InChI is InChI=1S/C14H16BrClN2O2/c15-11-1-2-13(12(16)7-11)20-9-14(19)18-8-10-3-5-17-6-4-10/h1-3,7,17H,4-6,8-9H2,(H,18,19). The summed E-state index contributed by atoms with van der Waals surface area (Å²) in [5.74, 6) is 0.356. The van der Waals surface area contributed by atoms with Gasteiger partial charge in [0, 0.05) is 17.6 Å². The number of carbonyl (C=O) groups is 1. The van der Waals surface area contributed by atoms with Crippen LogP contribution in [-0.4, -0.2) is 32.1 Å². The minimum Gasteiger partial charge on any atom is -0.482 e. The molecular weight excluding hydrogens is 344 g/mol. The van der Waals surface area contributed by atoms with Crippen LogP contribution in [0.5, 0.6) is 5.75 Å². The summed E-state index contributed by atoms with van der Waals surface area (Å²) in [6.07, 6.45) is 3.08. The number of nitrogens with one attached hydrogen (secondary N) is 2. The molecule has 1 aromatic rings. The summed E-state index contributed by atoms with van der Waals surface area (Å²) >= 11 is 9.32. The van der Waals surface area contributed by atoms with Crippen LogP contribution in [0.3, 0.4) is 0 Å². The maximum Gasteiger partial charge on any atom is 0.258 e. The maximum atomic E-state index is 11.7. The van der Waals surface area contributed by atoms with Crippen molar-refractivity contribution in [3.05, 3.63) is 39.3 Å². The Bertz CT molecular complexity index is 520. The van der Waals surface area contributed by atoms with Gasteiger partial charge in [0.25, 0.3) is 5.91 Å². The van der Waals surface area contributed by atoms with Crippen molar-refractivity contribution in [1.82, 2.24) is 10.6 Å². The first kappa shape index (κ1) is 15.4. The van der Waals surface area contributed by atoms with Crippen molar-refractivity contribution in [2.75, 3.05) is 26.2 Å². The van der Waals surface area contributed by atoms with E-state index in [1.165, 1.54) is 5.57 Å². The van der Waals surface area contributed by atoms with E-state index < -0.39 is 0 Å². The highest BCUT2D eigenvalue weighted by atomic mass is 79.9. The van der Waals surface area contributed by atoms with Crippen LogP contribution in [0, 0.1) is 0 Å². The third kappa shape index (κ3) is 4.81. The van der Waals surface area contributed by atoms with E-state index in [4.69, 9.17) is 16.3 Å². The van der Waals surface area contributed by atoms with Gasteiger partial charge in [-0.05, 0) is 31.2 Å². The molecule has 0 bridgehead atoms. The van der Waals surface area contributed by atoms with Crippen molar-refractivity contribution in [3.8, 4) is 5.75 Å². The molecule has 1 heterocycles. The van der Waals surface area contributed by atoms with E-state index in [1.54, 1.807) is 12.1 Å². The minimum atomic E-state index is -0.150. The number of hydrogen-bond acceptors (Lipinski definition) is 3. The van der Waals surface area contributed by atoms with Crippen LogP contribution >= 0.6 is 27.5 Å². The Morgan fingerprint density at radius 1 is 1.50 bits per heavy atom. The maximum absolute atomic E-state index is 11.7. The fraction of sp³-hybridized carbons (Fsp3) is 0.357. The first-order valence-corrected chi connectivity index (χ1v) is 7.55. The second-order valence-corrected chi connectivity index (χ2v) is 5.78. The van der Waals surface area contributed by atoms with Crippen LogP contribution in [-0.2, 0) is 4.79 Å². The van der Waals surface area contributed by atoms with Crippen LogP contribution in [0.25, 0.3) is 0 Å². The van der Waals surface area contributed by atoms with E-state index in [2.05, 4.69) is 32.6 Å². The molecule has 4 nitrogen and oxygen atoms in total. The van der Waals surface area contributed by atoms with Crippen molar-refractivity contribution < 1.29 is 9.53 Å². The number of ether oxygens (including phenoxy) is 1. The number of rotatable bonds is 5. The number of benzene rings is 1. The van der Waals surface area contributed by atoms with E-state index in [-0.39, 0.29) is 12.5 Å². The molecule has 1 aliphatic rings. The SMILES string of the molecule is O=C(COc1ccc(Br)cc1Cl)NCC1=CCNCC1. The van der Waals surface area contributed by atoms with Gasteiger partial charge in [0.1, 0.15) is 5.75 Å². The van der Waals surface area contributed by atoms with Gasteiger partial charge < -0.3 is 15.4 Å². The minimum absolute atomic E-state index is 0.0348. The number of carbonyl (C=O) groups excluding carboxylic acids is 1. The van der Waals surface area contributed by atoms with Crippen molar-refractivity contribution in [3.63, 3.8) is 0 Å².